The van der Waals surface area contributed by atoms with Crippen molar-refractivity contribution in [3.05, 3.63) is 12.7 Å². The Hall–Kier alpha value is -1.81. The maximum atomic E-state index is 10.8. The fourth-order valence-corrected chi connectivity index (χ4v) is 2.91. The Bertz CT molecular complexity index is 720. The second kappa shape index (κ2) is 7.20. The van der Waals surface area contributed by atoms with Crippen molar-refractivity contribution in [3.8, 4) is 0 Å². The molecule has 1 saturated heterocycles. The van der Waals surface area contributed by atoms with E-state index in [-0.39, 0.29) is 18.0 Å². The summed E-state index contributed by atoms with van der Waals surface area (Å²) < 4.78 is 19.3. The normalized spacial score (nSPS) is 27.0. The highest BCUT2D eigenvalue weighted by molar-refractivity contribution is 5.81. The van der Waals surface area contributed by atoms with E-state index in [9.17, 15) is 5.11 Å². The predicted molar refractivity (Wildman–Crippen MR) is 90.7 cm³/mol. The third kappa shape index (κ3) is 3.59. The van der Waals surface area contributed by atoms with Gasteiger partial charge < -0.3 is 25.1 Å². The molecule has 3 rings (SSSR count). The Labute approximate surface area is 146 Å². The van der Waals surface area contributed by atoms with Gasteiger partial charge in [-0.25, -0.2) is 15.0 Å². The number of imidazole rings is 1. The van der Waals surface area contributed by atoms with E-state index in [1.807, 2.05) is 27.7 Å². The number of rotatable bonds is 6. The van der Waals surface area contributed by atoms with Crippen molar-refractivity contribution in [1.29, 1.82) is 0 Å². The van der Waals surface area contributed by atoms with Gasteiger partial charge in [0.25, 0.3) is 0 Å². The monoisotopic (exact) mass is 351 g/mol. The Morgan fingerprint density at radius 1 is 1.24 bits per heavy atom. The van der Waals surface area contributed by atoms with Crippen LogP contribution in [0.1, 0.15) is 33.9 Å². The van der Waals surface area contributed by atoms with Crippen molar-refractivity contribution >= 4 is 17.0 Å². The van der Waals surface area contributed by atoms with Crippen molar-refractivity contribution in [1.82, 2.24) is 19.5 Å². The molecule has 2 unspecified atom stereocenters. The number of aliphatic hydroxyl groups excluding tert-OH is 1. The number of anilines is 1. The van der Waals surface area contributed by atoms with Crippen LogP contribution in [0.3, 0.4) is 0 Å². The van der Waals surface area contributed by atoms with Crippen LogP contribution in [0.2, 0.25) is 0 Å². The highest BCUT2D eigenvalue weighted by Crippen LogP contribution is 2.34. The average Bonchev–Trinajstić information content (AvgIpc) is 3.09. The van der Waals surface area contributed by atoms with E-state index in [0.717, 1.165) is 0 Å². The summed E-state index contributed by atoms with van der Waals surface area (Å²) >= 11 is 0. The molecule has 138 valence electrons. The second-order valence-electron chi connectivity index (χ2n) is 6.67. The molecule has 0 amide bonds. The van der Waals surface area contributed by atoms with E-state index in [1.165, 1.54) is 6.33 Å². The Kier molecular flexibility index (Phi) is 5.19. The molecule has 4 atom stereocenters. The standard InChI is InChI=1S/C16H25N5O4/c1-8(2)23-5-10-13(24-9(3)4)12(22)16(25-10)21-7-20-11-14(17)18-6-19-15(11)21/h6-10,12-13,16,22H,5H2,1-4H3,(H2,17,18,19)/t10-,12?,13?,16-/m1/s1. The van der Waals surface area contributed by atoms with Crippen molar-refractivity contribution in [2.24, 2.45) is 0 Å². The summed E-state index contributed by atoms with van der Waals surface area (Å²) in [5.74, 6) is 0.283. The van der Waals surface area contributed by atoms with Crippen molar-refractivity contribution in [3.63, 3.8) is 0 Å². The van der Waals surface area contributed by atoms with Crippen LogP contribution in [0.5, 0.6) is 0 Å². The summed E-state index contributed by atoms with van der Waals surface area (Å²) in [6.07, 6.45) is 0.407. The minimum Gasteiger partial charge on any atom is -0.386 e. The van der Waals surface area contributed by atoms with Crippen LogP contribution in [0.15, 0.2) is 12.7 Å². The first-order valence-electron chi connectivity index (χ1n) is 8.42. The van der Waals surface area contributed by atoms with Crippen molar-refractivity contribution in [2.75, 3.05) is 12.3 Å². The first kappa shape index (κ1) is 18.0. The summed E-state index contributed by atoms with van der Waals surface area (Å²) in [6.45, 7) is 8.06. The molecular weight excluding hydrogens is 326 g/mol. The molecule has 0 spiro atoms. The van der Waals surface area contributed by atoms with Crippen molar-refractivity contribution < 1.29 is 19.3 Å². The second-order valence-corrected chi connectivity index (χ2v) is 6.67. The molecule has 0 saturated carbocycles. The number of ether oxygens (including phenoxy) is 3. The zero-order valence-corrected chi connectivity index (χ0v) is 14.9. The smallest absolute Gasteiger partial charge is 0.167 e. The van der Waals surface area contributed by atoms with Gasteiger partial charge in [0.15, 0.2) is 17.7 Å². The van der Waals surface area contributed by atoms with Gasteiger partial charge in [-0.3, -0.25) is 4.57 Å². The molecule has 1 aliphatic rings. The number of fused-ring (bicyclic) bond motifs is 1. The molecule has 0 aromatic carbocycles. The molecule has 0 bridgehead atoms. The van der Waals surface area contributed by atoms with Gasteiger partial charge in [0.05, 0.1) is 25.1 Å². The number of aromatic nitrogens is 4. The first-order valence-corrected chi connectivity index (χ1v) is 8.42. The highest BCUT2D eigenvalue weighted by atomic mass is 16.6. The van der Waals surface area contributed by atoms with Gasteiger partial charge in [-0.2, -0.15) is 0 Å². The van der Waals surface area contributed by atoms with Crippen LogP contribution < -0.4 is 5.73 Å². The van der Waals surface area contributed by atoms with Crippen molar-refractivity contribution in [2.45, 2.75) is 64.4 Å². The number of aliphatic hydroxyl groups is 1. The van der Waals surface area contributed by atoms with E-state index in [1.54, 1.807) is 10.9 Å². The molecule has 0 radical (unpaired) electrons. The lowest BCUT2D eigenvalue weighted by atomic mass is 10.1. The Morgan fingerprint density at radius 3 is 2.68 bits per heavy atom. The zero-order valence-electron chi connectivity index (χ0n) is 14.9. The van der Waals surface area contributed by atoms with Gasteiger partial charge in [-0.1, -0.05) is 0 Å². The lowest BCUT2D eigenvalue weighted by molar-refractivity contribution is -0.0973. The van der Waals surface area contributed by atoms with Crippen LogP contribution >= 0.6 is 0 Å². The summed E-state index contributed by atoms with van der Waals surface area (Å²) in [5, 5.41) is 10.8. The molecule has 25 heavy (non-hydrogen) atoms. The molecule has 2 aromatic rings. The summed E-state index contributed by atoms with van der Waals surface area (Å²) in [6, 6.07) is 0. The molecule has 3 heterocycles. The lowest BCUT2D eigenvalue weighted by Crippen LogP contribution is -2.38. The molecule has 3 N–H and O–H groups in total. The Balaban J connectivity index is 1.89. The van der Waals surface area contributed by atoms with E-state index < -0.39 is 24.5 Å². The van der Waals surface area contributed by atoms with Gasteiger partial charge in [-0.15, -0.1) is 0 Å². The summed E-state index contributed by atoms with van der Waals surface area (Å²) in [5.41, 5.74) is 6.81. The maximum absolute atomic E-state index is 10.8. The molecule has 9 nitrogen and oxygen atoms in total. The van der Waals surface area contributed by atoms with Gasteiger partial charge in [-0.05, 0) is 27.7 Å². The zero-order chi connectivity index (χ0) is 18.1. The van der Waals surface area contributed by atoms with Crippen LogP contribution in [0, 0.1) is 0 Å². The molecule has 1 aliphatic heterocycles. The number of hydrogen-bond donors (Lipinski definition) is 2. The lowest BCUT2D eigenvalue weighted by Gasteiger charge is -2.23. The third-order valence-electron chi connectivity index (χ3n) is 3.99. The van der Waals surface area contributed by atoms with Gasteiger partial charge in [0, 0.05) is 0 Å². The average molecular weight is 351 g/mol. The molecular formula is C16H25N5O4. The topological polar surface area (TPSA) is 118 Å². The SMILES string of the molecule is CC(C)OC[C@H]1O[C@@H](n2cnc3c(N)ncnc32)C(O)C1OC(C)C. The van der Waals surface area contributed by atoms with Crippen LogP contribution in [0.25, 0.3) is 11.2 Å². The fraction of sp³-hybridized carbons (Fsp3) is 0.688. The summed E-state index contributed by atoms with van der Waals surface area (Å²) in [4.78, 5) is 12.4. The van der Waals surface area contributed by atoms with Crippen LogP contribution in [0.4, 0.5) is 5.82 Å². The molecule has 9 heteroatoms. The number of nitrogens with zero attached hydrogens (tertiary/aromatic N) is 4. The molecule has 0 aliphatic carbocycles. The van der Waals surface area contributed by atoms with E-state index in [4.69, 9.17) is 19.9 Å². The number of hydrogen-bond acceptors (Lipinski definition) is 8. The van der Waals surface area contributed by atoms with E-state index in [0.29, 0.717) is 17.8 Å². The van der Waals surface area contributed by atoms with Crippen LogP contribution in [-0.4, -0.2) is 61.8 Å². The largest absolute Gasteiger partial charge is 0.386 e. The predicted octanol–water partition coefficient (Wildman–Crippen LogP) is 0.885. The minimum absolute atomic E-state index is 0.0546. The molecule has 2 aromatic heterocycles. The Morgan fingerprint density at radius 2 is 2.00 bits per heavy atom. The van der Waals surface area contributed by atoms with E-state index in [2.05, 4.69) is 15.0 Å². The number of nitrogen functional groups attached to an aromatic ring is 1. The summed E-state index contributed by atoms with van der Waals surface area (Å²) in [7, 11) is 0. The minimum atomic E-state index is -0.892. The molecule has 1 fully saturated rings. The number of nitrogens with two attached hydrogens (primary N) is 1. The van der Waals surface area contributed by atoms with Crippen LogP contribution in [-0.2, 0) is 14.2 Å². The van der Waals surface area contributed by atoms with Gasteiger partial charge >= 0.3 is 0 Å². The quantitative estimate of drug-likeness (QED) is 0.788. The van der Waals surface area contributed by atoms with Gasteiger partial charge in [0.2, 0.25) is 0 Å². The maximum Gasteiger partial charge on any atom is 0.167 e. The third-order valence-corrected chi connectivity index (χ3v) is 3.99. The highest BCUT2D eigenvalue weighted by Gasteiger charge is 2.46. The fourth-order valence-electron chi connectivity index (χ4n) is 2.91. The van der Waals surface area contributed by atoms with Gasteiger partial charge in [0.1, 0.15) is 30.2 Å². The first-order chi connectivity index (χ1) is 11.9. The van der Waals surface area contributed by atoms with E-state index >= 15 is 0 Å².